The number of carbonyl (C=O) groups excluding carboxylic acids is 2. The molecule has 0 amide bonds. The maximum Gasteiger partial charge on any atom is 0.335 e. The summed E-state index contributed by atoms with van der Waals surface area (Å²) in [5.41, 5.74) is 5.19. The van der Waals surface area contributed by atoms with E-state index in [1.54, 1.807) is 0 Å². The van der Waals surface area contributed by atoms with E-state index < -0.39 is 11.9 Å². The SMILES string of the molecule is C=CC(=O)Oc1c(C)cc(C)cc1C1C(=O)Oc2c(C)cc(C)cc21. The Morgan fingerprint density at radius 2 is 1.64 bits per heavy atom. The molecule has 2 aromatic carbocycles. The smallest absolute Gasteiger partial charge is 0.335 e. The van der Waals surface area contributed by atoms with Gasteiger partial charge in [-0.2, -0.15) is 0 Å². The van der Waals surface area contributed by atoms with E-state index in [2.05, 4.69) is 6.58 Å². The summed E-state index contributed by atoms with van der Waals surface area (Å²) in [6.07, 6.45) is 1.11. The Hall–Kier alpha value is -2.88. The molecule has 1 aliphatic rings. The van der Waals surface area contributed by atoms with Gasteiger partial charge >= 0.3 is 11.9 Å². The minimum atomic E-state index is -0.611. The second-order valence-corrected chi connectivity index (χ2v) is 6.48. The van der Waals surface area contributed by atoms with Gasteiger partial charge in [0.2, 0.25) is 0 Å². The molecule has 0 bridgehead atoms. The first-order chi connectivity index (χ1) is 11.8. The molecule has 128 valence electrons. The van der Waals surface area contributed by atoms with Gasteiger partial charge in [-0.25, -0.2) is 4.79 Å². The number of hydrogen-bond donors (Lipinski definition) is 0. The fourth-order valence-electron chi connectivity index (χ4n) is 3.41. The third-order valence-corrected chi connectivity index (χ3v) is 4.33. The van der Waals surface area contributed by atoms with Crippen molar-refractivity contribution in [3.8, 4) is 11.5 Å². The third kappa shape index (κ3) is 2.95. The van der Waals surface area contributed by atoms with E-state index in [0.29, 0.717) is 17.1 Å². The molecule has 3 rings (SSSR count). The molecule has 0 aliphatic carbocycles. The number of benzene rings is 2. The van der Waals surface area contributed by atoms with Gasteiger partial charge in [0.05, 0.1) is 0 Å². The summed E-state index contributed by atoms with van der Waals surface area (Å²) >= 11 is 0. The lowest BCUT2D eigenvalue weighted by atomic mass is 9.88. The summed E-state index contributed by atoms with van der Waals surface area (Å²) in [5, 5.41) is 0. The van der Waals surface area contributed by atoms with Gasteiger partial charge in [0.15, 0.2) is 0 Å². The van der Waals surface area contributed by atoms with Crippen LogP contribution in [0, 0.1) is 27.7 Å². The maximum atomic E-state index is 12.6. The summed E-state index contributed by atoms with van der Waals surface area (Å²) < 4.78 is 11.0. The molecule has 0 saturated carbocycles. The number of aryl methyl sites for hydroxylation is 4. The van der Waals surface area contributed by atoms with Crippen molar-refractivity contribution in [2.75, 3.05) is 0 Å². The number of esters is 2. The second-order valence-electron chi connectivity index (χ2n) is 6.48. The Morgan fingerprint density at radius 1 is 1.04 bits per heavy atom. The van der Waals surface area contributed by atoms with Crippen LogP contribution in [0.3, 0.4) is 0 Å². The fraction of sp³-hybridized carbons (Fsp3) is 0.238. The van der Waals surface area contributed by atoms with Gasteiger partial charge < -0.3 is 9.47 Å². The molecule has 4 nitrogen and oxygen atoms in total. The van der Waals surface area contributed by atoms with Gasteiger partial charge in [0.1, 0.15) is 17.4 Å². The Balaban J connectivity index is 2.22. The summed E-state index contributed by atoms with van der Waals surface area (Å²) in [4.78, 5) is 24.4. The van der Waals surface area contributed by atoms with Gasteiger partial charge in [-0.15, -0.1) is 0 Å². The topological polar surface area (TPSA) is 52.6 Å². The van der Waals surface area contributed by atoms with Crippen LogP contribution in [-0.4, -0.2) is 11.9 Å². The van der Waals surface area contributed by atoms with Gasteiger partial charge in [-0.1, -0.05) is 42.0 Å². The predicted molar refractivity (Wildman–Crippen MR) is 95.1 cm³/mol. The lowest BCUT2D eigenvalue weighted by Gasteiger charge is -2.17. The van der Waals surface area contributed by atoms with Crippen LogP contribution in [0.15, 0.2) is 36.9 Å². The van der Waals surface area contributed by atoms with Crippen LogP contribution in [0.5, 0.6) is 11.5 Å². The molecule has 25 heavy (non-hydrogen) atoms. The van der Waals surface area contributed by atoms with Crippen molar-refractivity contribution in [3.63, 3.8) is 0 Å². The highest BCUT2D eigenvalue weighted by Crippen LogP contribution is 2.45. The minimum Gasteiger partial charge on any atom is -0.425 e. The molecular formula is C21H20O4. The zero-order valence-corrected chi connectivity index (χ0v) is 14.8. The average Bonchev–Trinajstić information content (AvgIpc) is 2.86. The van der Waals surface area contributed by atoms with Crippen LogP contribution in [0.1, 0.15) is 39.3 Å². The molecule has 1 unspecified atom stereocenters. The number of rotatable bonds is 3. The minimum absolute atomic E-state index is 0.357. The fourth-order valence-corrected chi connectivity index (χ4v) is 3.41. The van der Waals surface area contributed by atoms with Crippen molar-refractivity contribution in [2.45, 2.75) is 33.6 Å². The quantitative estimate of drug-likeness (QED) is 0.482. The molecule has 4 heteroatoms. The van der Waals surface area contributed by atoms with Gasteiger partial charge in [-0.05, 0) is 38.8 Å². The lowest BCUT2D eigenvalue weighted by Crippen LogP contribution is -2.15. The highest BCUT2D eigenvalue weighted by Gasteiger charge is 2.38. The molecule has 0 fully saturated rings. The summed E-state index contributed by atoms with van der Waals surface area (Å²) in [7, 11) is 0. The van der Waals surface area contributed by atoms with E-state index in [4.69, 9.17) is 9.47 Å². The van der Waals surface area contributed by atoms with E-state index in [1.165, 1.54) is 0 Å². The van der Waals surface area contributed by atoms with Crippen LogP contribution in [0.4, 0.5) is 0 Å². The molecule has 0 aromatic heterocycles. The van der Waals surface area contributed by atoms with Crippen LogP contribution < -0.4 is 9.47 Å². The van der Waals surface area contributed by atoms with Crippen molar-refractivity contribution in [1.82, 2.24) is 0 Å². The maximum absolute atomic E-state index is 12.6. The Labute approximate surface area is 147 Å². The molecule has 2 aromatic rings. The molecular weight excluding hydrogens is 316 g/mol. The molecule has 1 atom stereocenters. The van der Waals surface area contributed by atoms with Crippen LogP contribution in [-0.2, 0) is 9.59 Å². The van der Waals surface area contributed by atoms with E-state index in [9.17, 15) is 9.59 Å². The predicted octanol–water partition coefficient (Wildman–Crippen LogP) is 4.06. The van der Waals surface area contributed by atoms with Gasteiger partial charge in [0.25, 0.3) is 0 Å². The van der Waals surface area contributed by atoms with Crippen LogP contribution >= 0.6 is 0 Å². The Kier molecular flexibility index (Phi) is 4.21. The van der Waals surface area contributed by atoms with E-state index in [-0.39, 0.29) is 5.97 Å². The molecule has 1 heterocycles. The molecule has 0 saturated heterocycles. The zero-order valence-electron chi connectivity index (χ0n) is 14.8. The van der Waals surface area contributed by atoms with Crippen molar-refractivity contribution >= 4 is 11.9 Å². The Bertz CT molecular complexity index is 909. The third-order valence-electron chi connectivity index (χ3n) is 4.33. The summed E-state index contributed by atoms with van der Waals surface area (Å²) in [6.45, 7) is 11.1. The number of ether oxygens (including phenoxy) is 2. The van der Waals surface area contributed by atoms with E-state index >= 15 is 0 Å². The molecule has 1 aliphatic heterocycles. The Morgan fingerprint density at radius 3 is 2.28 bits per heavy atom. The zero-order chi connectivity index (χ0) is 18.3. The molecule has 0 radical (unpaired) electrons. The van der Waals surface area contributed by atoms with E-state index in [1.807, 2.05) is 52.0 Å². The molecule has 0 N–H and O–H groups in total. The first-order valence-corrected chi connectivity index (χ1v) is 8.10. The number of fused-ring (bicyclic) bond motifs is 1. The van der Waals surface area contributed by atoms with Crippen molar-refractivity contribution in [2.24, 2.45) is 0 Å². The van der Waals surface area contributed by atoms with Crippen LogP contribution in [0.2, 0.25) is 0 Å². The van der Waals surface area contributed by atoms with Crippen molar-refractivity contribution in [1.29, 1.82) is 0 Å². The number of carbonyl (C=O) groups is 2. The first-order valence-electron chi connectivity index (χ1n) is 8.10. The monoisotopic (exact) mass is 336 g/mol. The van der Waals surface area contributed by atoms with Gasteiger partial charge in [-0.3, -0.25) is 4.79 Å². The second kappa shape index (κ2) is 6.20. The largest absolute Gasteiger partial charge is 0.425 e. The van der Waals surface area contributed by atoms with Crippen molar-refractivity contribution < 1.29 is 19.1 Å². The standard InChI is InChI=1S/C21H20O4/c1-6-17(22)24-19-13(4)7-11(2)9-15(19)18-16-10-12(3)8-14(5)20(16)25-21(18)23/h6-10,18H,1H2,2-5H3. The van der Waals surface area contributed by atoms with Gasteiger partial charge in [0, 0.05) is 17.2 Å². The highest BCUT2D eigenvalue weighted by molar-refractivity contribution is 5.92. The average molecular weight is 336 g/mol. The molecule has 0 spiro atoms. The highest BCUT2D eigenvalue weighted by atomic mass is 16.5. The number of hydrogen-bond acceptors (Lipinski definition) is 4. The first kappa shape index (κ1) is 17.0. The van der Waals surface area contributed by atoms with Crippen molar-refractivity contribution in [3.05, 3.63) is 70.3 Å². The summed E-state index contributed by atoms with van der Waals surface area (Å²) in [6, 6.07) is 7.72. The lowest BCUT2D eigenvalue weighted by molar-refractivity contribution is -0.133. The summed E-state index contributed by atoms with van der Waals surface area (Å²) in [5.74, 6) is -0.533. The van der Waals surface area contributed by atoms with Crippen LogP contribution in [0.25, 0.3) is 0 Å². The normalized spacial score (nSPS) is 15.5. The van der Waals surface area contributed by atoms with E-state index in [0.717, 1.165) is 33.9 Å².